The second kappa shape index (κ2) is 8.97. The SMILES string of the molecule is C=C(NS(=O)(=O)CCCCCC)C(=O)OCCC. The van der Waals surface area contributed by atoms with Crippen LogP contribution in [0.4, 0.5) is 0 Å². The summed E-state index contributed by atoms with van der Waals surface area (Å²) >= 11 is 0. The number of rotatable bonds is 10. The zero-order valence-corrected chi connectivity index (χ0v) is 12.0. The van der Waals surface area contributed by atoms with Gasteiger partial charge in [-0.25, -0.2) is 13.2 Å². The van der Waals surface area contributed by atoms with Crippen LogP contribution in [0.25, 0.3) is 0 Å². The summed E-state index contributed by atoms with van der Waals surface area (Å²) < 4.78 is 30.1. The molecule has 0 aromatic heterocycles. The minimum absolute atomic E-state index is 0.00702. The minimum Gasteiger partial charge on any atom is -0.461 e. The van der Waals surface area contributed by atoms with Crippen LogP contribution in [-0.2, 0) is 19.6 Å². The molecule has 0 bridgehead atoms. The number of hydrogen-bond acceptors (Lipinski definition) is 4. The van der Waals surface area contributed by atoms with Crippen LogP contribution in [0.2, 0.25) is 0 Å². The van der Waals surface area contributed by atoms with E-state index in [1.54, 1.807) is 0 Å². The molecule has 18 heavy (non-hydrogen) atoms. The molecule has 0 atom stereocenters. The molecule has 0 heterocycles. The number of unbranched alkanes of at least 4 members (excludes halogenated alkanes) is 3. The summed E-state index contributed by atoms with van der Waals surface area (Å²) in [7, 11) is -3.48. The molecule has 0 saturated heterocycles. The molecule has 5 nitrogen and oxygen atoms in total. The lowest BCUT2D eigenvalue weighted by Crippen LogP contribution is -2.30. The molecule has 0 fully saturated rings. The first-order valence-electron chi connectivity index (χ1n) is 6.29. The van der Waals surface area contributed by atoms with Crippen LogP contribution < -0.4 is 4.72 Å². The van der Waals surface area contributed by atoms with E-state index in [0.29, 0.717) is 12.8 Å². The van der Waals surface area contributed by atoms with E-state index in [-0.39, 0.29) is 18.1 Å². The second-order valence-electron chi connectivity index (χ2n) is 4.10. The van der Waals surface area contributed by atoms with Crippen LogP contribution in [0.5, 0.6) is 0 Å². The van der Waals surface area contributed by atoms with Crippen LogP contribution >= 0.6 is 0 Å². The number of esters is 1. The number of carbonyl (C=O) groups excluding carboxylic acids is 1. The van der Waals surface area contributed by atoms with E-state index in [2.05, 4.69) is 18.2 Å². The summed E-state index contributed by atoms with van der Waals surface area (Å²) in [5.41, 5.74) is -0.223. The van der Waals surface area contributed by atoms with Gasteiger partial charge in [-0.05, 0) is 12.8 Å². The Morgan fingerprint density at radius 1 is 1.17 bits per heavy atom. The largest absolute Gasteiger partial charge is 0.461 e. The van der Waals surface area contributed by atoms with Crippen LogP contribution in [0.3, 0.4) is 0 Å². The van der Waals surface area contributed by atoms with Gasteiger partial charge in [0.1, 0.15) is 5.70 Å². The zero-order chi connectivity index (χ0) is 14.0. The lowest BCUT2D eigenvalue weighted by atomic mass is 10.2. The monoisotopic (exact) mass is 277 g/mol. The van der Waals surface area contributed by atoms with Gasteiger partial charge in [-0.15, -0.1) is 0 Å². The number of sulfonamides is 1. The summed E-state index contributed by atoms with van der Waals surface area (Å²) in [6.07, 6.45) is 4.19. The molecule has 0 rings (SSSR count). The van der Waals surface area contributed by atoms with Crippen molar-refractivity contribution in [2.45, 2.75) is 46.0 Å². The molecule has 0 amide bonds. The third-order valence-electron chi connectivity index (χ3n) is 2.23. The fraction of sp³-hybridized carbons (Fsp3) is 0.750. The van der Waals surface area contributed by atoms with E-state index < -0.39 is 16.0 Å². The Bertz CT molecular complexity index is 362. The molecule has 0 aromatic carbocycles. The Hall–Kier alpha value is -1.04. The average Bonchev–Trinajstić information content (AvgIpc) is 2.31. The highest BCUT2D eigenvalue weighted by molar-refractivity contribution is 7.89. The molecule has 0 aliphatic heterocycles. The molecule has 106 valence electrons. The van der Waals surface area contributed by atoms with Gasteiger partial charge in [0.05, 0.1) is 12.4 Å². The molecule has 0 aliphatic carbocycles. The number of nitrogens with one attached hydrogen (secondary N) is 1. The third-order valence-corrected chi connectivity index (χ3v) is 3.61. The molecular formula is C12H23NO4S. The Kier molecular flexibility index (Phi) is 8.45. The van der Waals surface area contributed by atoms with E-state index in [9.17, 15) is 13.2 Å². The topological polar surface area (TPSA) is 72.5 Å². The van der Waals surface area contributed by atoms with Crippen molar-refractivity contribution in [2.75, 3.05) is 12.4 Å². The number of hydrogen-bond donors (Lipinski definition) is 1. The lowest BCUT2D eigenvalue weighted by molar-refractivity contribution is -0.139. The van der Waals surface area contributed by atoms with E-state index in [0.717, 1.165) is 19.3 Å². The van der Waals surface area contributed by atoms with Crippen molar-refractivity contribution in [2.24, 2.45) is 0 Å². The van der Waals surface area contributed by atoms with Gasteiger partial charge in [0.2, 0.25) is 10.0 Å². The van der Waals surface area contributed by atoms with Crippen molar-refractivity contribution in [3.63, 3.8) is 0 Å². The fourth-order valence-electron chi connectivity index (χ4n) is 1.28. The first-order valence-corrected chi connectivity index (χ1v) is 7.94. The van der Waals surface area contributed by atoms with Gasteiger partial charge >= 0.3 is 5.97 Å². The molecule has 0 radical (unpaired) electrons. The van der Waals surface area contributed by atoms with Gasteiger partial charge in [-0.1, -0.05) is 39.7 Å². The van der Waals surface area contributed by atoms with E-state index in [4.69, 9.17) is 4.74 Å². The highest BCUT2D eigenvalue weighted by Gasteiger charge is 2.16. The van der Waals surface area contributed by atoms with Crippen molar-refractivity contribution in [1.29, 1.82) is 0 Å². The van der Waals surface area contributed by atoms with Gasteiger partial charge < -0.3 is 4.74 Å². The Balaban J connectivity index is 4.07. The minimum atomic E-state index is -3.48. The third kappa shape index (κ3) is 8.11. The van der Waals surface area contributed by atoms with Gasteiger partial charge in [-0.3, -0.25) is 4.72 Å². The predicted molar refractivity (Wildman–Crippen MR) is 71.5 cm³/mol. The summed E-state index contributed by atoms with van der Waals surface area (Å²) in [6, 6.07) is 0. The Labute approximate surface area is 110 Å². The van der Waals surface area contributed by atoms with Crippen molar-refractivity contribution in [3.8, 4) is 0 Å². The van der Waals surface area contributed by atoms with Crippen molar-refractivity contribution in [3.05, 3.63) is 12.3 Å². The maximum Gasteiger partial charge on any atom is 0.354 e. The van der Waals surface area contributed by atoms with Gasteiger partial charge in [0, 0.05) is 0 Å². The van der Waals surface area contributed by atoms with Crippen LogP contribution in [0.15, 0.2) is 12.3 Å². The smallest absolute Gasteiger partial charge is 0.354 e. The van der Waals surface area contributed by atoms with Crippen molar-refractivity contribution < 1.29 is 17.9 Å². The molecule has 0 aliphatic rings. The maximum atomic E-state index is 11.6. The van der Waals surface area contributed by atoms with Gasteiger partial charge in [0.25, 0.3) is 0 Å². The van der Waals surface area contributed by atoms with Crippen molar-refractivity contribution in [1.82, 2.24) is 4.72 Å². The van der Waals surface area contributed by atoms with Crippen LogP contribution in [0.1, 0.15) is 46.0 Å². The van der Waals surface area contributed by atoms with E-state index in [1.807, 2.05) is 6.92 Å². The van der Waals surface area contributed by atoms with Gasteiger partial charge in [-0.2, -0.15) is 0 Å². The lowest BCUT2D eigenvalue weighted by Gasteiger charge is -2.09. The zero-order valence-electron chi connectivity index (χ0n) is 11.2. The summed E-state index contributed by atoms with van der Waals surface area (Å²) in [6.45, 7) is 7.54. The molecule has 0 saturated carbocycles. The Morgan fingerprint density at radius 2 is 1.83 bits per heavy atom. The predicted octanol–water partition coefficient (Wildman–Crippen LogP) is 1.95. The summed E-state index contributed by atoms with van der Waals surface area (Å²) in [5.74, 6) is -0.707. The Morgan fingerprint density at radius 3 is 2.39 bits per heavy atom. The average molecular weight is 277 g/mol. The molecule has 0 unspecified atom stereocenters. The second-order valence-corrected chi connectivity index (χ2v) is 5.94. The quantitative estimate of drug-likeness (QED) is 0.376. The standard InChI is InChI=1S/C12H23NO4S/c1-4-6-7-8-10-18(15,16)13-11(3)12(14)17-9-5-2/h13H,3-10H2,1-2H3. The molecular weight excluding hydrogens is 254 g/mol. The van der Waals surface area contributed by atoms with E-state index in [1.165, 1.54) is 0 Å². The van der Waals surface area contributed by atoms with Crippen molar-refractivity contribution >= 4 is 16.0 Å². The highest BCUT2D eigenvalue weighted by Crippen LogP contribution is 2.03. The molecule has 6 heteroatoms. The van der Waals surface area contributed by atoms with Crippen LogP contribution in [-0.4, -0.2) is 26.7 Å². The van der Waals surface area contributed by atoms with E-state index >= 15 is 0 Å². The highest BCUT2D eigenvalue weighted by atomic mass is 32.2. The fourth-order valence-corrected chi connectivity index (χ4v) is 2.43. The number of ether oxygens (including phenoxy) is 1. The van der Waals surface area contributed by atoms with Crippen LogP contribution in [0, 0.1) is 0 Å². The normalized spacial score (nSPS) is 11.0. The summed E-state index contributed by atoms with van der Waals surface area (Å²) in [5, 5.41) is 0. The molecule has 0 aromatic rings. The first-order chi connectivity index (χ1) is 8.43. The first kappa shape index (κ1) is 17.0. The van der Waals surface area contributed by atoms with Gasteiger partial charge in [0.15, 0.2) is 0 Å². The molecule has 1 N–H and O–H groups in total. The maximum absolute atomic E-state index is 11.6. The molecule has 0 spiro atoms. The summed E-state index contributed by atoms with van der Waals surface area (Å²) in [4.78, 5) is 11.3. The number of carbonyl (C=O) groups is 1.